The van der Waals surface area contributed by atoms with Gasteiger partial charge in [-0.1, -0.05) is 0 Å². The van der Waals surface area contributed by atoms with E-state index in [4.69, 9.17) is 10.5 Å². The van der Waals surface area contributed by atoms with Crippen LogP contribution in [0, 0.1) is 0 Å². The lowest BCUT2D eigenvalue weighted by molar-refractivity contribution is -0.142. The monoisotopic (exact) mass is 259 g/mol. The third kappa shape index (κ3) is 4.84. The van der Waals surface area contributed by atoms with Crippen LogP contribution in [0.15, 0.2) is 24.3 Å². The lowest BCUT2D eigenvalue weighted by Crippen LogP contribution is -2.14. The molecule has 2 N–H and O–H groups in total. The third-order valence-corrected chi connectivity index (χ3v) is 1.95. The van der Waals surface area contributed by atoms with E-state index in [0.717, 1.165) is 0 Å². The molecular weight excluding hydrogens is 246 g/mol. The molecule has 6 heteroatoms. The van der Waals surface area contributed by atoms with Gasteiger partial charge in [-0.05, 0) is 24.3 Å². The van der Waals surface area contributed by atoms with Gasteiger partial charge < -0.3 is 15.2 Å². The minimum atomic E-state index is -0.456. The number of methoxy groups -OCH3 is 1. The van der Waals surface area contributed by atoms with E-state index in [1.165, 1.54) is 7.11 Å². The highest BCUT2D eigenvalue weighted by atomic mass is 35.5. The predicted molar refractivity (Wildman–Crippen MR) is 64.6 cm³/mol. The zero-order valence-electron chi connectivity index (χ0n) is 9.34. The molecule has 0 bridgehead atoms. The summed E-state index contributed by atoms with van der Waals surface area (Å²) in [7, 11) is 1.29. The van der Waals surface area contributed by atoms with Gasteiger partial charge in [-0.2, -0.15) is 0 Å². The molecule has 1 aromatic rings. The molecule has 0 heterocycles. The number of ketones is 1. The van der Waals surface area contributed by atoms with Gasteiger partial charge in [-0.15, -0.1) is 12.4 Å². The first-order chi connectivity index (χ1) is 7.67. The summed E-state index contributed by atoms with van der Waals surface area (Å²) >= 11 is 0. The molecule has 0 spiro atoms. The summed E-state index contributed by atoms with van der Waals surface area (Å²) in [6, 6.07) is 6.40. The van der Waals surface area contributed by atoms with Crippen molar-refractivity contribution in [3.05, 3.63) is 29.8 Å². The molecule has 0 saturated carbocycles. The number of hydrogen-bond donors (Lipinski definition) is 1. The molecule has 0 aliphatic rings. The maximum atomic E-state index is 11.2. The van der Waals surface area contributed by atoms with Crippen LogP contribution in [0.1, 0.15) is 10.4 Å². The van der Waals surface area contributed by atoms with Gasteiger partial charge in [-0.3, -0.25) is 4.79 Å². The van der Waals surface area contributed by atoms with Crippen molar-refractivity contribution >= 4 is 24.2 Å². The van der Waals surface area contributed by atoms with E-state index in [1.54, 1.807) is 24.3 Å². The zero-order chi connectivity index (χ0) is 12.0. The van der Waals surface area contributed by atoms with Crippen molar-refractivity contribution in [1.29, 1.82) is 0 Å². The largest absolute Gasteiger partial charge is 0.482 e. The van der Waals surface area contributed by atoms with Crippen molar-refractivity contribution in [3.63, 3.8) is 0 Å². The van der Waals surface area contributed by atoms with Crippen LogP contribution in [0.5, 0.6) is 5.75 Å². The Morgan fingerprint density at radius 2 is 1.82 bits per heavy atom. The van der Waals surface area contributed by atoms with Crippen LogP contribution in [0.2, 0.25) is 0 Å². The first-order valence-electron chi connectivity index (χ1n) is 4.70. The molecule has 0 aromatic heterocycles. The summed E-state index contributed by atoms with van der Waals surface area (Å²) in [5.74, 6) is -0.0967. The predicted octanol–water partition coefficient (Wildman–Crippen LogP) is 0.802. The second-order valence-corrected chi connectivity index (χ2v) is 3.02. The van der Waals surface area contributed by atoms with Crippen LogP contribution in [0.4, 0.5) is 0 Å². The number of halogens is 1. The minimum Gasteiger partial charge on any atom is -0.482 e. The number of ether oxygens (including phenoxy) is 2. The SMILES string of the molecule is COC(=O)COc1ccc(C(=O)CN)cc1.Cl. The molecular formula is C11H14ClNO4. The number of esters is 1. The van der Waals surface area contributed by atoms with Gasteiger partial charge in [0.2, 0.25) is 0 Å². The van der Waals surface area contributed by atoms with E-state index in [1.807, 2.05) is 0 Å². The number of rotatable bonds is 5. The Morgan fingerprint density at radius 3 is 2.29 bits per heavy atom. The summed E-state index contributed by atoms with van der Waals surface area (Å²) in [6.07, 6.45) is 0. The second kappa shape index (κ2) is 7.65. The summed E-state index contributed by atoms with van der Waals surface area (Å²) in [4.78, 5) is 22.0. The molecule has 5 nitrogen and oxygen atoms in total. The average molecular weight is 260 g/mol. The highest BCUT2D eigenvalue weighted by molar-refractivity contribution is 5.97. The van der Waals surface area contributed by atoms with Crippen molar-refractivity contribution in [2.45, 2.75) is 0 Å². The number of carbonyl (C=O) groups excluding carboxylic acids is 2. The molecule has 0 atom stereocenters. The zero-order valence-corrected chi connectivity index (χ0v) is 10.2. The van der Waals surface area contributed by atoms with Gasteiger partial charge >= 0.3 is 5.97 Å². The number of carbonyl (C=O) groups is 2. The third-order valence-electron chi connectivity index (χ3n) is 1.95. The highest BCUT2D eigenvalue weighted by Gasteiger charge is 2.04. The topological polar surface area (TPSA) is 78.6 Å². The molecule has 1 aromatic carbocycles. The van der Waals surface area contributed by atoms with Crippen molar-refractivity contribution in [3.8, 4) is 5.75 Å². The minimum absolute atomic E-state index is 0. The summed E-state index contributed by atoms with van der Waals surface area (Å²) in [5.41, 5.74) is 5.74. The Bertz CT molecular complexity index is 378. The first-order valence-corrected chi connectivity index (χ1v) is 4.70. The maximum Gasteiger partial charge on any atom is 0.343 e. The van der Waals surface area contributed by atoms with E-state index < -0.39 is 5.97 Å². The van der Waals surface area contributed by atoms with Crippen molar-refractivity contribution in [2.75, 3.05) is 20.3 Å². The van der Waals surface area contributed by atoms with E-state index in [-0.39, 0.29) is 31.3 Å². The van der Waals surface area contributed by atoms with Crippen LogP contribution in [-0.2, 0) is 9.53 Å². The standard InChI is InChI=1S/C11H13NO4.ClH/c1-15-11(14)7-16-9-4-2-8(3-5-9)10(13)6-12;/h2-5H,6-7,12H2,1H3;1H. The van der Waals surface area contributed by atoms with E-state index >= 15 is 0 Å². The molecule has 0 unspecified atom stereocenters. The number of benzene rings is 1. The molecule has 17 heavy (non-hydrogen) atoms. The molecule has 0 fully saturated rings. The molecule has 0 aliphatic carbocycles. The molecule has 0 radical (unpaired) electrons. The molecule has 1 rings (SSSR count). The smallest absolute Gasteiger partial charge is 0.343 e. The van der Waals surface area contributed by atoms with E-state index in [0.29, 0.717) is 11.3 Å². The maximum absolute atomic E-state index is 11.2. The van der Waals surface area contributed by atoms with Crippen LogP contribution < -0.4 is 10.5 Å². The van der Waals surface area contributed by atoms with Crippen molar-refractivity contribution in [2.24, 2.45) is 5.73 Å². The van der Waals surface area contributed by atoms with Crippen LogP contribution >= 0.6 is 12.4 Å². The van der Waals surface area contributed by atoms with Crippen molar-refractivity contribution < 1.29 is 19.1 Å². The fraction of sp³-hybridized carbons (Fsp3) is 0.273. The normalized spacial score (nSPS) is 9.06. The molecule has 94 valence electrons. The van der Waals surface area contributed by atoms with E-state index in [9.17, 15) is 9.59 Å². The molecule has 0 amide bonds. The fourth-order valence-electron chi connectivity index (χ4n) is 1.06. The van der Waals surface area contributed by atoms with Crippen molar-refractivity contribution in [1.82, 2.24) is 0 Å². The Hall–Kier alpha value is -1.59. The summed E-state index contributed by atoms with van der Waals surface area (Å²) < 4.78 is 9.53. The summed E-state index contributed by atoms with van der Waals surface area (Å²) in [6.45, 7) is -0.178. The van der Waals surface area contributed by atoms with Crippen LogP contribution in [0.25, 0.3) is 0 Å². The Kier molecular flexibility index (Phi) is 6.93. The quantitative estimate of drug-likeness (QED) is 0.625. The lowest BCUT2D eigenvalue weighted by Gasteiger charge is -2.05. The Labute approximate surface area is 105 Å². The van der Waals surface area contributed by atoms with Gasteiger partial charge in [0.25, 0.3) is 0 Å². The Morgan fingerprint density at radius 1 is 1.24 bits per heavy atom. The fourth-order valence-corrected chi connectivity index (χ4v) is 1.06. The average Bonchev–Trinajstić information content (AvgIpc) is 2.35. The van der Waals surface area contributed by atoms with Gasteiger partial charge in [0.1, 0.15) is 5.75 Å². The van der Waals surface area contributed by atoms with Crippen LogP contribution in [0.3, 0.4) is 0 Å². The summed E-state index contributed by atoms with van der Waals surface area (Å²) in [5, 5.41) is 0. The van der Waals surface area contributed by atoms with Crippen LogP contribution in [-0.4, -0.2) is 32.0 Å². The highest BCUT2D eigenvalue weighted by Crippen LogP contribution is 2.12. The number of nitrogens with two attached hydrogens (primary N) is 1. The number of Topliss-reactive ketones (excluding diaryl/α,β-unsaturated/α-hetero) is 1. The molecule has 0 saturated heterocycles. The molecule has 0 aliphatic heterocycles. The number of hydrogen-bond acceptors (Lipinski definition) is 5. The second-order valence-electron chi connectivity index (χ2n) is 3.02. The van der Waals surface area contributed by atoms with Gasteiger partial charge in [0.15, 0.2) is 12.4 Å². The van der Waals surface area contributed by atoms with Gasteiger partial charge in [-0.25, -0.2) is 4.79 Å². The Balaban J connectivity index is 0.00000256. The first kappa shape index (κ1) is 15.4. The van der Waals surface area contributed by atoms with E-state index in [2.05, 4.69) is 4.74 Å². The van der Waals surface area contributed by atoms with Gasteiger partial charge in [0.05, 0.1) is 13.7 Å². The van der Waals surface area contributed by atoms with Gasteiger partial charge in [0, 0.05) is 5.56 Å². The lowest BCUT2D eigenvalue weighted by atomic mass is 10.1.